The molecule has 0 saturated carbocycles. The van der Waals surface area contributed by atoms with Gasteiger partial charge in [-0.05, 0) is 74.4 Å². The van der Waals surface area contributed by atoms with Crippen molar-refractivity contribution >= 4 is 35.0 Å². The lowest BCUT2D eigenvalue weighted by Gasteiger charge is -2.34. The van der Waals surface area contributed by atoms with Crippen molar-refractivity contribution in [2.75, 3.05) is 57.3 Å². The van der Waals surface area contributed by atoms with E-state index in [0.717, 1.165) is 43.4 Å². The van der Waals surface area contributed by atoms with E-state index in [0.29, 0.717) is 50.6 Å². The van der Waals surface area contributed by atoms with Crippen LogP contribution in [0.5, 0.6) is 0 Å². The summed E-state index contributed by atoms with van der Waals surface area (Å²) in [6.45, 7) is 8.33. The van der Waals surface area contributed by atoms with Crippen LogP contribution >= 0.6 is 11.6 Å². The maximum absolute atomic E-state index is 13.7. The highest BCUT2D eigenvalue weighted by Gasteiger charge is 2.43. The second kappa shape index (κ2) is 12.9. The molecule has 0 aromatic heterocycles. The topological polar surface area (TPSA) is 64.2 Å². The van der Waals surface area contributed by atoms with Gasteiger partial charge in [0.15, 0.2) is 0 Å². The molecule has 0 bridgehead atoms. The van der Waals surface area contributed by atoms with Crippen molar-refractivity contribution in [1.29, 1.82) is 0 Å². The molecule has 3 amide bonds. The van der Waals surface area contributed by atoms with E-state index in [-0.39, 0.29) is 35.1 Å². The average Bonchev–Trinajstić information content (AvgIpc) is 3.55. The van der Waals surface area contributed by atoms with Gasteiger partial charge in [0.05, 0.1) is 11.1 Å². The van der Waals surface area contributed by atoms with E-state index in [2.05, 4.69) is 4.90 Å². The van der Waals surface area contributed by atoms with Crippen LogP contribution in [0.1, 0.15) is 47.7 Å². The number of carbonyl (C=O) groups excluding carboxylic acids is 3. The average molecular weight is 619 g/mol. The number of hydrogen-bond acceptors (Lipinski definition) is 4. The molecule has 0 N–H and O–H groups in total. The second-order valence-electron chi connectivity index (χ2n) is 12.1. The number of likely N-dealkylation sites (tertiary alicyclic amines) is 3. The van der Waals surface area contributed by atoms with Gasteiger partial charge in [-0.1, -0.05) is 29.8 Å². The SMILES string of the molecule is CC(=O)N1CCC(C(=O)N(CCCN2CC3CN(C(=O)c4ccccc4C(F)(F)F)CC3C2)c2ccc(C)c(Cl)c2)CC1. The molecule has 0 radical (unpaired) electrons. The molecule has 3 saturated heterocycles. The highest BCUT2D eigenvalue weighted by atomic mass is 35.5. The molecule has 2 aromatic rings. The van der Waals surface area contributed by atoms with Crippen molar-refractivity contribution in [1.82, 2.24) is 14.7 Å². The van der Waals surface area contributed by atoms with Gasteiger partial charge >= 0.3 is 6.18 Å². The van der Waals surface area contributed by atoms with Crippen LogP contribution in [0, 0.1) is 24.7 Å². The van der Waals surface area contributed by atoms with Crippen molar-refractivity contribution in [2.24, 2.45) is 17.8 Å². The summed E-state index contributed by atoms with van der Waals surface area (Å²) in [4.78, 5) is 46.0. The molecule has 2 aromatic carbocycles. The molecule has 0 spiro atoms. The zero-order valence-electron chi connectivity index (χ0n) is 24.6. The number of benzene rings is 2. The molecule has 7 nitrogen and oxygen atoms in total. The Balaban J connectivity index is 1.17. The number of rotatable bonds is 7. The van der Waals surface area contributed by atoms with Crippen molar-refractivity contribution < 1.29 is 27.6 Å². The maximum atomic E-state index is 13.7. The zero-order chi connectivity index (χ0) is 30.9. The summed E-state index contributed by atoms with van der Waals surface area (Å²) < 4.78 is 40.4. The highest BCUT2D eigenvalue weighted by molar-refractivity contribution is 6.31. The first-order chi connectivity index (χ1) is 20.4. The predicted octanol–water partition coefficient (Wildman–Crippen LogP) is 5.35. The van der Waals surface area contributed by atoms with E-state index in [1.165, 1.54) is 18.2 Å². The Morgan fingerprint density at radius 3 is 2.21 bits per heavy atom. The van der Waals surface area contributed by atoms with E-state index < -0.39 is 17.6 Å². The molecule has 0 aliphatic carbocycles. The highest BCUT2D eigenvalue weighted by Crippen LogP contribution is 2.36. The number of aryl methyl sites for hydroxylation is 1. The zero-order valence-corrected chi connectivity index (χ0v) is 25.3. The van der Waals surface area contributed by atoms with E-state index in [9.17, 15) is 27.6 Å². The fourth-order valence-corrected chi connectivity index (χ4v) is 6.93. The number of amides is 3. The van der Waals surface area contributed by atoms with E-state index >= 15 is 0 Å². The van der Waals surface area contributed by atoms with Crippen LogP contribution in [-0.2, 0) is 15.8 Å². The Hall–Kier alpha value is -3.11. The van der Waals surface area contributed by atoms with Crippen LogP contribution in [-0.4, -0.2) is 84.8 Å². The van der Waals surface area contributed by atoms with Crippen molar-refractivity contribution in [3.05, 3.63) is 64.2 Å². The molecule has 3 aliphatic heterocycles. The lowest BCUT2D eigenvalue weighted by Crippen LogP contribution is -2.44. The third kappa shape index (κ3) is 7.01. The molecule has 232 valence electrons. The largest absolute Gasteiger partial charge is 0.417 e. The molecule has 3 heterocycles. The number of nitrogens with zero attached hydrogens (tertiary/aromatic N) is 4. The van der Waals surface area contributed by atoms with Crippen LogP contribution < -0.4 is 4.90 Å². The molecule has 11 heteroatoms. The van der Waals surface area contributed by atoms with Crippen LogP contribution in [0.15, 0.2) is 42.5 Å². The molecule has 2 unspecified atom stereocenters. The minimum absolute atomic E-state index is 0.0297. The minimum atomic E-state index is -4.58. The summed E-state index contributed by atoms with van der Waals surface area (Å²) in [5.74, 6) is -0.220. The smallest absolute Gasteiger partial charge is 0.343 e. The lowest BCUT2D eigenvalue weighted by atomic mass is 9.94. The number of anilines is 1. The Morgan fingerprint density at radius 1 is 0.953 bits per heavy atom. The summed E-state index contributed by atoms with van der Waals surface area (Å²) in [7, 11) is 0. The number of carbonyl (C=O) groups is 3. The maximum Gasteiger partial charge on any atom is 0.417 e. The summed E-state index contributed by atoms with van der Waals surface area (Å²) >= 11 is 6.42. The van der Waals surface area contributed by atoms with Crippen molar-refractivity contribution in [2.45, 2.75) is 39.3 Å². The van der Waals surface area contributed by atoms with Crippen LogP contribution in [0.2, 0.25) is 5.02 Å². The quantitative estimate of drug-likeness (QED) is 0.420. The van der Waals surface area contributed by atoms with Gasteiger partial charge in [-0.15, -0.1) is 0 Å². The van der Waals surface area contributed by atoms with Crippen LogP contribution in [0.25, 0.3) is 0 Å². The molecular formula is C32H38ClF3N4O3. The Morgan fingerprint density at radius 2 is 1.60 bits per heavy atom. The van der Waals surface area contributed by atoms with Crippen LogP contribution in [0.3, 0.4) is 0 Å². The molecular weight excluding hydrogens is 581 g/mol. The first kappa shape index (κ1) is 31.3. The molecule has 2 atom stereocenters. The molecule has 43 heavy (non-hydrogen) atoms. The normalized spacial score (nSPS) is 21.3. The number of piperidine rings is 1. The molecule has 3 fully saturated rings. The Bertz CT molecular complexity index is 1350. The van der Waals surface area contributed by atoms with Gasteiger partial charge in [-0.3, -0.25) is 14.4 Å². The summed E-state index contributed by atoms with van der Waals surface area (Å²) in [6.07, 6.45) is -2.58. The summed E-state index contributed by atoms with van der Waals surface area (Å²) in [6, 6.07) is 10.7. The van der Waals surface area contributed by atoms with Gasteiger partial charge in [-0.25, -0.2) is 0 Å². The second-order valence-corrected chi connectivity index (χ2v) is 12.5. The van der Waals surface area contributed by atoms with Gasteiger partial charge < -0.3 is 19.6 Å². The monoisotopic (exact) mass is 618 g/mol. The predicted molar refractivity (Wildman–Crippen MR) is 159 cm³/mol. The van der Waals surface area contributed by atoms with Crippen molar-refractivity contribution in [3.63, 3.8) is 0 Å². The van der Waals surface area contributed by atoms with Gasteiger partial charge in [0.2, 0.25) is 11.8 Å². The van der Waals surface area contributed by atoms with Gasteiger partial charge in [0.25, 0.3) is 5.91 Å². The minimum Gasteiger partial charge on any atom is -0.343 e. The Labute approximate surface area is 255 Å². The third-order valence-corrected chi connectivity index (χ3v) is 9.60. The molecule has 3 aliphatic rings. The standard InChI is InChI=1S/C32H38ClF3N4O3/c1-21-8-9-26(16-29(21)33)40(30(42)23-10-14-38(15-11-23)22(2)41)13-5-12-37-17-24-19-39(20-25(24)18-37)31(43)27-6-3-4-7-28(27)32(34,35)36/h3-4,6-9,16,23-25H,5,10-15,17-20H2,1-2H3. The van der Waals surface area contributed by atoms with Gasteiger partial charge in [-0.2, -0.15) is 13.2 Å². The summed E-state index contributed by atoms with van der Waals surface area (Å²) in [5, 5.41) is 0.603. The van der Waals surface area contributed by atoms with E-state index in [1.54, 1.807) is 16.7 Å². The van der Waals surface area contributed by atoms with Gasteiger partial charge in [0.1, 0.15) is 0 Å². The van der Waals surface area contributed by atoms with Crippen LogP contribution in [0.4, 0.5) is 18.9 Å². The number of halogens is 4. The molecule has 5 rings (SSSR count). The fourth-order valence-electron chi connectivity index (χ4n) is 6.76. The van der Waals surface area contributed by atoms with E-state index in [1.807, 2.05) is 30.0 Å². The van der Waals surface area contributed by atoms with Crippen molar-refractivity contribution in [3.8, 4) is 0 Å². The third-order valence-electron chi connectivity index (χ3n) is 9.19. The lowest BCUT2D eigenvalue weighted by molar-refractivity contribution is -0.138. The number of hydrogen-bond donors (Lipinski definition) is 0. The number of alkyl halides is 3. The number of fused-ring (bicyclic) bond motifs is 1. The van der Waals surface area contributed by atoms with Gasteiger partial charge in [0, 0.05) is 69.4 Å². The first-order valence-electron chi connectivity index (χ1n) is 14.9. The Kier molecular flexibility index (Phi) is 9.37. The van der Waals surface area contributed by atoms with E-state index in [4.69, 9.17) is 11.6 Å². The fraction of sp³-hybridized carbons (Fsp3) is 0.531. The summed E-state index contributed by atoms with van der Waals surface area (Å²) in [5.41, 5.74) is 0.517. The first-order valence-corrected chi connectivity index (χ1v) is 15.3.